The summed E-state index contributed by atoms with van der Waals surface area (Å²) in [6, 6.07) is 8.92. The van der Waals surface area contributed by atoms with Gasteiger partial charge in [0.1, 0.15) is 0 Å². The van der Waals surface area contributed by atoms with E-state index in [1.807, 2.05) is 12.1 Å². The Labute approximate surface area is 133 Å². The zero-order valence-electron chi connectivity index (χ0n) is 13.2. The third-order valence-corrected chi connectivity index (χ3v) is 4.81. The van der Waals surface area contributed by atoms with Crippen molar-refractivity contribution in [3.63, 3.8) is 0 Å². The predicted molar refractivity (Wildman–Crippen MR) is 91.3 cm³/mol. The van der Waals surface area contributed by atoms with E-state index in [-0.39, 0.29) is 6.03 Å². The predicted octanol–water partition coefficient (Wildman–Crippen LogP) is 4.50. The number of nitrogens with one attached hydrogen (secondary N) is 3. The average molecular weight is 301 g/mol. The van der Waals surface area contributed by atoms with E-state index in [2.05, 4.69) is 28.1 Å². The molecule has 4 nitrogen and oxygen atoms in total. The van der Waals surface area contributed by atoms with Crippen LogP contribution in [0.5, 0.6) is 0 Å². The molecule has 2 fully saturated rings. The molecule has 1 aromatic rings. The van der Waals surface area contributed by atoms with Crippen LogP contribution in [0.25, 0.3) is 0 Å². The van der Waals surface area contributed by atoms with Crippen molar-refractivity contribution in [3.8, 4) is 0 Å². The zero-order valence-corrected chi connectivity index (χ0v) is 13.2. The van der Waals surface area contributed by atoms with Gasteiger partial charge in [-0.1, -0.05) is 32.1 Å². The molecule has 0 radical (unpaired) electrons. The largest absolute Gasteiger partial charge is 0.382 e. The lowest BCUT2D eigenvalue weighted by Crippen LogP contribution is -2.38. The summed E-state index contributed by atoms with van der Waals surface area (Å²) < 4.78 is 0. The van der Waals surface area contributed by atoms with Crippen LogP contribution in [0.15, 0.2) is 24.3 Å². The maximum atomic E-state index is 12.0. The highest BCUT2D eigenvalue weighted by molar-refractivity contribution is 5.89. The van der Waals surface area contributed by atoms with E-state index in [0.29, 0.717) is 12.1 Å². The highest BCUT2D eigenvalue weighted by atomic mass is 16.2. The van der Waals surface area contributed by atoms with Gasteiger partial charge in [-0.3, -0.25) is 0 Å². The van der Waals surface area contributed by atoms with Crippen molar-refractivity contribution in [2.75, 3.05) is 10.6 Å². The van der Waals surface area contributed by atoms with Crippen LogP contribution in [-0.4, -0.2) is 18.1 Å². The smallest absolute Gasteiger partial charge is 0.319 e. The van der Waals surface area contributed by atoms with E-state index in [9.17, 15) is 4.79 Å². The lowest BCUT2D eigenvalue weighted by molar-refractivity contribution is 0.244. The normalized spacial score (nSPS) is 19.8. The molecule has 0 spiro atoms. The van der Waals surface area contributed by atoms with Crippen molar-refractivity contribution in [2.24, 2.45) is 0 Å². The topological polar surface area (TPSA) is 53.2 Å². The number of hydrogen-bond donors (Lipinski definition) is 3. The molecular weight excluding hydrogens is 274 g/mol. The van der Waals surface area contributed by atoms with Crippen LogP contribution in [0.4, 0.5) is 16.2 Å². The van der Waals surface area contributed by atoms with Crippen molar-refractivity contribution in [3.05, 3.63) is 24.3 Å². The molecule has 0 saturated heterocycles. The van der Waals surface area contributed by atoms with Crippen molar-refractivity contribution >= 4 is 17.4 Å². The van der Waals surface area contributed by atoms with Gasteiger partial charge in [-0.2, -0.15) is 0 Å². The summed E-state index contributed by atoms with van der Waals surface area (Å²) in [6.45, 7) is 0. The van der Waals surface area contributed by atoms with Gasteiger partial charge in [0.15, 0.2) is 0 Å². The minimum absolute atomic E-state index is 0.0802. The number of benzene rings is 1. The fraction of sp³-hybridized carbons (Fsp3) is 0.611. The molecule has 0 heterocycles. The molecule has 4 heteroatoms. The van der Waals surface area contributed by atoms with Crippen LogP contribution in [-0.2, 0) is 0 Å². The molecule has 2 saturated carbocycles. The molecule has 2 aliphatic carbocycles. The quantitative estimate of drug-likeness (QED) is 0.767. The van der Waals surface area contributed by atoms with Crippen LogP contribution in [0.3, 0.4) is 0 Å². The monoisotopic (exact) mass is 301 g/mol. The van der Waals surface area contributed by atoms with Crippen molar-refractivity contribution in [1.29, 1.82) is 0 Å². The summed E-state index contributed by atoms with van der Waals surface area (Å²) >= 11 is 0. The molecule has 1 aromatic carbocycles. The maximum Gasteiger partial charge on any atom is 0.319 e. The van der Waals surface area contributed by atoms with Crippen molar-refractivity contribution in [2.45, 2.75) is 69.9 Å². The van der Waals surface area contributed by atoms with Gasteiger partial charge in [-0.15, -0.1) is 0 Å². The van der Waals surface area contributed by atoms with E-state index >= 15 is 0 Å². The van der Waals surface area contributed by atoms with Crippen LogP contribution >= 0.6 is 0 Å². The third kappa shape index (κ3) is 4.39. The van der Waals surface area contributed by atoms with Crippen molar-refractivity contribution < 1.29 is 4.79 Å². The minimum atomic E-state index is -0.0802. The highest BCUT2D eigenvalue weighted by Gasteiger charge is 2.16. The van der Waals surface area contributed by atoms with E-state index in [1.165, 1.54) is 44.9 Å². The Morgan fingerprint density at radius 1 is 0.773 bits per heavy atom. The van der Waals surface area contributed by atoms with Gasteiger partial charge < -0.3 is 16.0 Å². The average Bonchev–Trinajstić information content (AvgIpc) is 3.03. The van der Waals surface area contributed by atoms with E-state index in [1.54, 1.807) is 0 Å². The summed E-state index contributed by atoms with van der Waals surface area (Å²) in [6.07, 6.45) is 11.2. The first-order valence-electron chi connectivity index (χ1n) is 8.74. The van der Waals surface area contributed by atoms with Gasteiger partial charge in [-0.05, 0) is 49.9 Å². The second kappa shape index (κ2) is 7.52. The fourth-order valence-corrected chi connectivity index (χ4v) is 3.56. The molecule has 2 aliphatic rings. The van der Waals surface area contributed by atoms with Gasteiger partial charge in [0.25, 0.3) is 0 Å². The van der Waals surface area contributed by atoms with Gasteiger partial charge in [0.05, 0.1) is 0 Å². The van der Waals surface area contributed by atoms with E-state index in [4.69, 9.17) is 0 Å². The number of carbonyl (C=O) groups excluding carboxylic acids is 1. The van der Waals surface area contributed by atoms with E-state index < -0.39 is 0 Å². The molecular formula is C18H27N3O. The first-order chi connectivity index (χ1) is 10.8. The number of hydrogen-bond acceptors (Lipinski definition) is 2. The Kier molecular flexibility index (Phi) is 5.20. The standard InChI is InChI=1S/C18H27N3O/c22-18(20-15-6-2-1-3-7-15)21-17-12-10-16(11-13-17)19-14-8-4-5-9-14/h10-15,19H,1-9H2,(H2,20,21,22). The Morgan fingerprint density at radius 3 is 2.00 bits per heavy atom. The number of carbonyl (C=O) groups is 1. The molecule has 0 atom stereocenters. The molecule has 120 valence electrons. The zero-order chi connectivity index (χ0) is 15.2. The van der Waals surface area contributed by atoms with Gasteiger partial charge in [0, 0.05) is 23.5 Å². The molecule has 0 unspecified atom stereocenters. The van der Waals surface area contributed by atoms with Crippen LogP contribution in [0.2, 0.25) is 0 Å². The molecule has 0 aromatic heterocycles. The highest BCUT2D eigenvalue weighted by Crippen LogP contribution is 2.23. The maximum absolute atomic E-state index is 12.0. The first kappa shape index (κ1) is 15.2. The van der Waals surface area contributed by atoms with Crippen LogP contribution < -0.4 is 16.0 Å². The molecule has 3 N–H and O–H groups in total. The summed E-state index contributed by atoms with van der Waals surface area (Å²) in [5.74, 6) is 0. The lowest BCUT2D eigenvalue weighted by atomic mass is 9.96. The van der Waals surface area contributed by atoms with E-state index in [0.717, 1.165) is 24.2 Å². The van der Waals surface area contributed by atoms with Crippen LogP contribution in [0.1, 0.15) is 57.8 Å². The second-order valence-electron chi connectivity index (χ2n) is 6.64. The Bertz CT molecular complexity index is 474. The summed E-state index contributed by atoms with van der Waals surface area (Å²) in [4.78, 5) is 12.0. The molecule has 3 rings (SSSR count). The van der Waals surface area contributed by atoms with Crippen molar-refractivity contribution in [1.82, 2.24) is 5.32 Å². The molecule has 0 bridgehead atoms. The third-order valence-electron chi connectivity index (χ3n) is 4.81. The number of amides is 2. The van der Waals surface area contributed by atoms with Gasteiger partial charge in [0.2, 0.25) is 0 Å². The SMILES string of the molecule is O=C(Nc1ccc(NC2CCCC2)cc1)NC1CCCCC1. The lowest BCUT2D eigenvalue weighted by Gasteiger charge is -2.22. The molecule has 0 aliphatic heterocycles. The number of anilines is 2. The summed E-state index contributed by atoms with van der Waals surface area (Å²) in [7, 11) is 0. The molecule has 2 amide bonds. The minimum Gasteiger partial charge on any atom is -0.382 e. The molecule has 22 heavy (non-hydrogen) atoms. The van der Waals surface area contributed by atoms with Crippen LogP contribution in [0, 0.1) is 0 Å². The number of urea groups is 1. The Balaban J connectivity index is 1.46. The number of rotatable bonds is 4. The Hall–Kier alpha value is -1.71. The fourth-order valence-electron chi connectivity index (χ4n) is 3.56. The Morgan fingerprint density at radius 2 is 1.32 bits per heavy atom. The summed E-state index contributed by atoms with van der Waals surface area (Å²) in [5, 5.41) is 9.57. The summed E-state index contributed by atoms with van der Waals surface area (Å²) in [5.41, 5.74) is 2.00. The van der Waals surface area contributed by atoms with Gasteiger partial charge >= 0.3 is 6.03 Å². The second-order valence-corrected chi connectivity index (χ2v) is 6.64. The first-order valence-corrected chi connectivity index (χ1v) is 8.74. The van der Waals surface area contributed by atoms with Gasteiger partial charge in [-0.25, -0.2) is 4.79 Å².